The second kappa shape index (κ2) is 8.60. The molecule has 0 bridgehead atoms. The molecule has 0 amide bonds. The van der Waals surface area contributed by atoms with Crippen LogP contribution in [0.4, 0.5) is 0 Å². The third-order valence-electron chi connectivity index (χ3n) is 5.79. The van der Waals surface area contributed by atoms with Gasteiger partial charge in [-0.2, -0.15) is 0 Å². The standard InChI is InChI=1S/C26H22ClNO4/c27-23-14-28(13-17-4-2-1-3-5-17)24-10-18(6-8-22(23)24)15-31-20-7-9-21-19(11-26(29)30)16-32-25(21)12-20/h1-10,12,14,19H,11,13,15-16H2,(H,29,30). The first kappa shape index (κ1) is 20.5. The van der Waals surface area contributed by atoms with Gasteiger partial charge in [-0.3, -0.25) is 4.79 Å². The lowest BCUT2D eigenvalue weighted by Crippen LogP contribution is -2.07. The molecule has 1 aromatic heterocycles. The van der Waals surface area contributed by atoms with E-state index in [0.717, 1.165) is 33.6 Å². The number of aromatic nitrogens is 1. The van der Waals surface area contributed by atoms with Crippen molar-refractivity contribution in [2.24, 2.45) is 0 Å². The van der Waals surface area contributed by atoms with E-state index < -0.39 is 5.97 Å². The molecule has 1 N–H and O–H groups in total. The Morgan fingerprint density at radius 3 is 2.75 bits per heavy atom. The minimum absolute atomic E-state index is 0.0679. The second-order valence-corrected chi connectivity index (χ2v) is 8.44. The number of carboxylic acid groups (broad SMARTS) is 1. The quantitative estimate of drug-likeness (QED) is 0.384. The minimum atomic E-state index is -0.820. The summed E-state index contributed by atoms with van der Waals surface area (Å²) in [5.74, 6) is 0.464. The van der Waals surface area contributed by atoms with E-state index in [2.05, 4.69) is 22.8 Å². The highest BCUT2D eigenvalue weighted by Gasteiger charge is 2.26. The summed E-state index contributed by atoms with van der Waals surface area (Å²) in [5.41, 5.74) is 4.23. The third kappa shape index (κ3) is 4.16. The van der Waals surface area contributed by atoms with E-state index in [9.17, 15) is 4.79 Å². The fourth-order valence-electron chi connectivity index (χ4n) is 4.19. The van der Waals surface area contributed by atoms with Crippen LogP contribution in [0.15, 0.2) is 72.9 Å². The van der Waals surface area contributed by atoms with Crippen LogP contribution >= 0.6 is 11.6 Å². The van der Waals surface area contributed by atoms with Crippen LogP contribution in [-0.2, 0) is 17.9 Å². The summed E-state index contributed by atoms with van der Waals surface area (Å²) in [6.45, 7) is 1.54. The lowest BCUT2D eigenvalue weighted by molar-refractivity contribution is -0.137. The van der Waals surface area contributed by atoms with Gasteiger partial charge >= 0.3 is 5.97 Å². The first-order chi connectivity index (χ1) is 15.6. The van der Waals surface area contributed by atoms with Crippen LogP contribution in [0.1, 0.15) is 29.0 Å². The average Bonchev–Trinajstić information content (AvgIpc) is 3.32. The van der Waals surface area contributed by atoms with Crippen molar-refractivity contribution in [2.45, 2.75) is 25.5 Å². The first-order valence-corrected chi connectivity index (χ1v) is 10.9. The van der Waals surface area contributed by atoms with E-state index in [-0.39, 0.29) is 12.3 Å². The summed E-state index contributed by atoms with van der Waals surface area (Å²) >= 11 is 6.46. The zero-order chi connectivity index (χ0) is 22.1. The van der Waals surface area contributed by atoms with Gasteiger partial charge in [0.1, 0.15) is 18.1 Å². The number of nitrogens with zero attached hydrogens (tertiary/aromatic N) is 1. The molecule has 0 saturated heterocycles. The molecule has 1 unspecified atom stereocenters. The molecule has 5 nitrogen and oxygen atoms in total. The topological polar surface area (TPSA) is 60.7 Å². The van der Waals surface area contributed by atoms with Crippen molar-refractivity contribution in [3.8, 4) is 11.5 Å². The molecule has 162 valence electrons. The molecule has 0 spiro atoms. The SMILES string of the molecule is O=C(O)CC1COc2cc(OCc3ccc4c(Cl)cn(Cc5ccccc5)c4c3)ccc21. The largest absolute Gasteiger partial charge is 0.492 e. The van der Waals surface area contributed by atoms with E-state index in [1.807, 2.05) is 54.7 Å². The minimum Gasteiger partial charge on any atom is -0.492 e. The van der Waals surface area contributed by atoms with Crippen molar-refractivity contribution < 1.29 is 19.4 Å². The molecule has 4 aromatic rings. The number of hydrogen-bond acceptors (Lipinski definition) is 3. The molecule has 6 heteroatoms. The van der Waals surface area contributed by atoms with E-state index in [0.29, 0.717) is 24.7 Å². The molecule has 32 heavy (non-hydrogen) atoms. The van der Waals surface area contributed by atoms with Crippen molar-refractivity contribution in [3.63, 3.8) is 0 Å². The molecule has 1 aliphatic rings. The maximum Gasteiger partial charge on any atom is 0.304 e. The van der Waals surface area contributed by atoms with Gasteiger partial charge < -0.3 is 19.1 Å². The lowest BCUT2D eigenvalue weighted by atomic mass is 9.98. The van der Waals surface area contributed by atoms with Crippen LogP contribution in [0, 0.1) is 0 Å². The summed E-state index contributed by atoms with van der Waals surface area (Å²) in [6.07, 6.45) is 2.04. The van der Waals surface area contributed by atoms with Gasteiger partial charge in [0, 0.05) is 35.7 Å². The molecule has 1 atom stereocenters. The summed E-state index contributed by atoms with van der Waals surface area (Å²) in [7, 11) is 0. The zero-order valence-corrected chi connectivity index (χ0v) is 18.1. The normalized spacial score (nSPS) is 14.8. The smallest absolute Gasteiger partial charge is 0.304 e. The molecule has 1 aliphatic heterocycles. The highest BCUT2D eigenvalue weighted by atomic mass is 35.5. The van der Waals surface area contributed by atoms with Gasteiger partial charge in [-0.1, -0.05) is 60.1 Å². The number of benzene rings is 3. The van der Waals surface area contributed by atoms with E-state index in [1.165, 1.54) is 5.56 Å². The number of fused-ring (bicyclic) bond motifs is 2. The Kier molecular flexibility index (Phi) is 5.50. The highest BCUT2D eigenvalue weighted by Crippen LogP contribution is 2.38. The molecular formula is C26H22ClNO4. The monoisotopic (exact) mass is 447 g/mol. The number of halogens is 1. The number of carboxylic acids is 1. The average molecular weight is 448 g/mol. The molecule has 0 fully saturated rings. The Morgan fingerprint density at radius 1 is 1.09 bits per heavy atom. The predicted octanol–water partition coefficient (Wildman–Crippen LogP) is 5.87. The van der Waals surface area contributed by atoms with E-state index in [1.54, 1.807) is 0 Å². The maximum atomic E-state index is 11.0. The van der Waals surface area contributed by atoms with Crippen LogP contribution in [-0.4, -0.2) is 22.2 Å². The van der Waals surface area contributed by atoms with Gasteiger partial charge in [0.2, 0.25) is 0 Å². The number of carbonyl (C=O) groups is 1. The van der Waals surface area contributed by atoms with Crippen LogP contribution in [0.2, 0.25) is 5.02 Å². The number of aliphatic carboxylic acids is 1. The fraction of sp³-hybridized carbons (Fsp3) is 0.192. The van der Waals surface area contributed by atoms with Crippen molar-refractivity contribution in [1.82, 2.24) is 4.57 Å². The summed E-state index contributed by atoms with van der Waals surface area (Å²) in [5, 5.41) is 10.8. The number of ether oxygens (including phenoxy) is 2. The molecule has 0 aliphatic carbocycles. The molecule has 0 saturated carbocycles. The summed E-state index contributed by atoms with van der Waals surface area (Å²) in [4.78, 5) is 11.0. The molecule has 3 aromatic carbocycles. The van der Waals surface area contributed by atoms with Crippen LogP contribution in [0.25, 0.3) is 10.9 Å². The Bertz CT molecular complexity index is 1280. The Labute approximate surface area is 190 Å². The van der Waals surface area contributed by atoms with Crippen LogP contribution < -0.4 is 9.47 Å². The summed E-state index contributed by atoms with van der Waals surface area (Å²) < 4.78 is 13.8. The van der Waals surface area contributed by atoms with Crippen LogP contribution in [0.5, 0.6) is 11.5 Å². The van der Waals surface area contributed by atoms with Crippen molar-refractivity contribution in [3.05, 3.63) is 94.6 Å². The molecule has 5 rings (SSSR count). The Balaban J connectivity index is 1.33. The third-order valence-corrected chi connectivity index (χ3v) is 6.09. The van der Waals surface area contributed by atoms with Gasteiger partial charge in [0.15, 0.2) is 0 Å². The first-order valence-electron chi connectivity index (χ1n) is 10.5. The summed E-state index contributed by atoms with van der Waals surface area (Å²) in [6, 6.07) is 22.0. The molecule has 0 radical (unpaired) electrons. The van der Waals surface area contributed by atoms with Crippen molar-refractivity contribution in [1.29, 1.82) is 0 Å². The molecular weight excluding hydrogens is 426 g/mol. The Morgan fingerprint density at radius 2 is 1.94 bits per heavy atom. The predicted molar refractivity (Wildman–Crippen MR) is 124 cm³/mol. The van der Waals surface area contributed by atoms with E-state index in [4.69, 9.17) is 26.2 Å². The fourth-order valence-corrected chi connectivity index (χ4v) is 4.46. The number of hydrogen-bond donors (Lipinski definition) is 1. The van der Waals surface area contributed by atoms with Gasteiger partial charge in [0.05, 0.1) is 23.6 Å². The van der Waals surface area contributed by atoms with Gasteiger partial charge in [-0.05, 0) is 23.3 Å². The Hall–Kier alpha value is -3.44. The lowest BCUT2D eigenvalue weighted by Gasteiger charge is -2.10. The maximum absolute atomic E-state index is 11.0. The van der Waals surface area contributed by atoms with E-state index >= 15 is 0 Å². The molecule has 2 heterocycles. The number of rotatable bonds is 7. The van der Waals surface area contributed by atoms with Crippen molar-refractivity contribution in [2.75, 3.05) is 6.61 Å². The van der Waals surface area contributed by atoms with Gasteiger partial charge in [-0.15, -0.1) is 0 Å². The van der Waals surface area contributed by atoms with Crippen molar-refractivity contribution >= 4 is 28.5 Å². The van der Waals surface area contributed by atoms with Gasteiger partial charge in [0.25, 0.3) is 0 Å². The van der Waals surface area contributed by atoms with Gasteiger partial charge in [-0.25, -0.2) is 0 Å². The highest BCUT2D eigenvalue weighted by molar-refractivity contribution is 6.35. The van der Waals surface area contributed by atoms with Crippen LogP contribution in [0.3, 0.4) is 0 Å². The second-order valence-electron chi connectivity index (χ2n) is 8.04. The zero-order valence-electron chi connectivity index (χ0n) is 17.3.